The summed E-state index contributed by atoms with van der Waals surface area (Å²) in [6, 6.07) is 20.1. The largest absolute Gasteiger partial charge is 0.371 e. The minimum atomic E-state index is -0.985. The molecule has 0 saturated carbocycles. The molecule has 5 fully saturated rings. The van der Waals surface area contributed by atoms with Crippen molar-refractivity contribution in [3.63, 3.8) is 0 Å². The third-order valence-corrected chi connectivity index (χ3v) is 13.3. The van der Waals surface area contributed by atoms with Gasteiger partial charge in [-0.1, -0.05) is 23.7 Å². The van der Waals surface area contributed by atoms with Crippen molar-refractivity contribution in [3.05, 3.63) is 87.9 Å². The minimum Gasteiger partial charge on any atom is -0.371 e. The normalized spacial score (nSPS) is 25.2. The molecule has 6 aliphatic heterocycles. The van der Waals surface area contributed by atoms with Crippen molar-refractivity contribution in [2.75, 3.05) is 86.7 Å². The number of piperidine rings is 1. The van der Waals surface area contributed by atoms with Gasteiger partial charge in [0.25, 0.3) is 17.7 Å². The zero-order valence-electron chi connectivity index (χ0n) is 31.8. The Morgan fingerprint density at radius 3 is 2.40 bits per heavy atom. The van der Waals surface area contributed by atoms with Crippen molar-refractivity contribution in [2.45, 2.75) is 38.1 Å². The second-order valence-electron chi connectivity index (χ2n) is 16.5. The highest BCUT2D eigenvalue weighted by atomic mass is 35.5. The fraction of sp³-hybridized carbons (Fsp3) is 0.442. The molecule has 5 saturated heterocycles. The van der Waals surface area contributed by atoms with Crippen LogP contribution < -0.4 is 20.0 Å². The number of halogens is 1. The third-order valence-electron chi connectivity index (χ3n) is 13.0. The maximum absolute atomic E-state index is 13.8. The van der Waals surface area contributed by atoms with Crippen molar-refractivity contribution in [2.24, 2.45) is 11.3 Å². The van der Waals surface area contributed by atoms with Crippen LogP contribution in [0.4, 0.5) is 17.1 Å². The molecule has 1 N–H and O–H groups in total. The van der Waals surface area contributed by atoms with E-state index in [4.69, 9.17) is 11.6 Å². The van der Waals surface area contributed by atoms with E-state index in [2.05, 4.69) is 37.1 Å². The molecular formula is C43H45ClN8O5. The van der Waals surface area contributed by atoms with Crippen molar-refractivity contribution >= 4 is 58.2 Å². The Kier molecular flexibility index (Phi) is 9.65. The number of hydrogen-bond acceptors (Lipinski definition) is 10. The lowest BCUT2D eigenvalue weighted by molar-refractivity contribution is -0.136. The van der Waals surface area contributed by atoms with E-state index in [9.17, 15) is 29.2 Å². The van der Waals surface area contributed by atoms with Crippen LogP contribution in [0.1, 0.15) is 68.7 Å². The highest BCUT2D eigenvalue weighted by Gasteiger charge is 2.47. The number of likely N-dealkylation sites (tertiary alicyclic amines) is 1. The second-order valence-corrected chi connectivity index (χ2v) is 16.9. The maximum Gasteiger partial charge on any atom is 0.264 e. The molecule has 3 aromatic carbocycles. The number of rotatable bonds is 7. The first-order chi connectivity index (χ1) is 27.6. The molecule has 2 unspecified atom stereocenters. The molecule has 57 heavy (non-hydrogen) atoms. The van der Waals surface area contributed by atoms with E-state index >= 15 is 0 Å². The molecule has 13 nitrogen and oxygen atoms in total. The second kappa shape index (κ2) is 14.8. The molecule has 0 aliphatic carbocycles. The highest BCUT2D eigenvalue weighted by molar-refractivity contribution is 6.32. The van der Waals surface area contributed by atoms with Crippen LogP contribution in [-0.4, -0.2) is 122 Å². The zero-order chi connectivity index (χ0) is 39.4. The van der Waals surface area contributed by atoms with Gasteiger partial charge in [0.1, 0.15) is 12.1 Å². The van der Waals surface area contributed by atoms with Gasteiger partial charge in [-0.3, -0.25) is 39.1 Å². The Balaban J connectivity index is 0.776. The smallest absolute Gasteiger partial charge is 0.264 e. The lowest BCUT2D eigenvalue weighted by atomic mass is 9.86. The molecule has 6 heterocycles. The summed E-state index contributed by atoms with van der Waals surface area (Å²) in [5.74, 6) is -1.48. The SMILES string of the molecule is N#Cc1ccc(N2CCC3(CCN(C(=O)c4cccc(N5CCN(C[C@H]6CCN(c7cccc8c7C(=O)N(C7CCC(=O)NC7=O)C8=O)C6)CC5)c4)C3)C2)cc1Cl. The number of carbonyl (C=O) groups is 5. The Hall–Kier alpha value is -5.45. The quantitative estimate of drug-likeness (QED) is 0.350. The van der Waals surface area contributed by atoms with E-state index in [1.54, 1.807) is 18.2 Å². The van der Waals surface area contributed by atoms with Gasteiger partial charge in [-0.15, -0.1) is 0 Å². The van der Waals surface area contributed by atoms with E-state index in [0.717, 1.165) is 119 Å². The molecule has 3 aromatic rings. The maximum atomic E-state index is 13.8. The van der Waals surface area contributed by atoms with Crippen LogP contribution in [-0.2, 0) is 9.59 Å². The Morgan fingerprint density at radius 2 is 1.61 bits per heavy atom. The number of benzene rings is 3. The number of carbonyl (C=O) groups excluding carboxylic acids is 5. The third kappa shape index (κ3) is 6.89. The standard InChI is InChI=1S/C43H45ClN8O5/c44-34-22-32(8-7-30(34)23-45)50-15-12-43(26-50)13-16-51(27-43)40(55)29-3-1-4-31(21-29)48-19-17-47(18-20-48)24-28-11-14-49(25-28)35-6-2-5-33-38(35)42(57)52(41(33)56)36-9-10-37(53)46-39(36)54/h1-8,21-22,28,36H,9-20,24-27H2,(H,46,53,54)/t28-,36?,43?/m1/s1. The molecule has 6 aliphatic rings. The number of nitriles is 1. The van der Waals surface area contributed by atoms with E-state index in [0.29, 0.717) is 27.6 Å². The van der Waals surface area contributed by atoms with Crippen molar-refractivity contribution in [1.82, 2.24) is 20.0 Å². The fourth-order valence-corrected chi connectivity index (χ4v) is 10.1. The topological polar surface area (TPSA) is 141 Å². The average Bonchev–Trinajstić information content (AvgIpc) is 4.02. The molecule has 0 aromatic heterocycles. The first kappa shape index (κ1) is 37.1. The van der Waals surface area contributed by atoms with Gasteiger partial charge in [-0.2, -0.15) is 5.26 Å². The summed E-state index contributed by atoms with van der Waals surface area (Å²) in [5, 5.41) is 12.0. The lowest BCUT2D eigenvalue weighted by Gasteiger charge is -2.37. The van der Waals surface area contributed by atoms with Crippen LogP contribution in [0.15, 0.2) is 60.7 Å². The molecule has 14 heteroatoms. The number of piperazine rings is 1. The summed E-state index contributed by atoms with van der Waals surface area (Å²) >= 11 is 6.33. The summed E-state index contributed by atoms with van der Waals surface area (Å²) in [4.78, 5) is 77.6. The molecule has 1 spiro atoms. The van der Waals surface area contributed by atoms with Gasteiger partial charge >= 0.3 is 0 Å². The number of nitrogens with one attached hydrogen (secondary N) is 1. The number of anilines is 3. The predicted octanol–water partition coefficient (Wildman–Crippen LogP) is 4.00. The van der Waals surface area contributed by atoms with Crippen LogP contribution in [0.5, 0.6) is 0 Å². The fourth-order valence-electron chi connectivity index (χ4n) is 9.92. The molecule has 0 bridgehead atoms. The van der Waals surface area contributed by atoms with Crippen molar-refractivity contribution < 1.29 is 24.0 Å². The highest BCUT2D eigenvalue weighted by Crippen LogP contribution is 2.42. The van der Waals surface area contributed by atoms with Gasteiger partial charge in [-0.05, 0) is 80.1 Å². The summed E-state index contributed by atoms with van der Waals surface area (Å²) in [6.45, 7) is 9.21. The molecule has 294 valence electrons. The van der Waals surface area contributed by atoms with Gasteiger partial charge in [0.05, 0.1) is 27.4 Å². The van der Waals surface area contributed by atoms with Crippen molar-refractivity contribution in [1.29, 1.82) is 5.26 Å². The Morgan fingerprint density at radius 1 is 0.825 bits per heavy atom. The van der Waals surface area contributed by atoms with Gasteiger partial charge in [0, 0.05) is 101 Å². The number of fused-ring (bicyclic) bond motifs is 1. The van der Waals surface area contributed by atoms with Gasteiger partial charge in [0.2, 0.25) is 11.8 Å². The van der Waals surface area contributed by atoms with Crippen LogP contribution in [0, 0.1) is 22.7 Å². The Bertz CT molecular complexity index is 2220. The Labute approximate surface area is 336 Å². The van der Waals surface area contributed by atoms with Gasteiger partial charge in [0.15, 0.2) is 0 Å². The first-order valence-electron chi connectivity index (χ1n) is 20.0. The summed E-state index contributed by atoms with van der Waals surface area (Å²) in [5.41, 5.74) is 4.72. The number of amides is 5. The van der Waals surface area contributed by atoms with E-state index < -0.39 is 29.7 Å². The minimum absolute atomic E-state index is 0.0524. The monoisotopic (exact) mass is 788 g/mol. The predicted molar refractivity (Wildman–Crippen MR) is 214 cm³/mol. The van der Waals surface area contributed by atoms with E-state index in [1.807, 2.05) is 41.3 Å². The summed E-state index contributed by atoms with van der Waals surface area (Å²) in [7, 11) is 0. The lowest BCUT2D eigenvalue weighted by Crippen LogP contribution is -2.54. The molecule has 9 rings (SSSR count). The summed E-state index contributed by atoms with van der Waals surface area (Å²) in [6.07, 6.45) is 3.16. The molecule has 3 atom stereocenters. The number of nitrogens with zero attached hydrogens (tertiary/aromatic N) is 7. The van der Waals surface area contributed by atoms with E-state index in [1.165, 1.54) is 0 Å². The van der Waals surface area contributed by atoms with Gasteiger partial charge in [-0.25, -0.2) is 0 Å². The van der Waals surface area contributed by atoms with Crippen LogP contribution in [0.25, 0.3) is 0 Å². The average molecular weight is 789 g/mol. The van der Waals surface area contributed by atoms with Crippen molar-refractivity contribution in [3.8, 4) is 6.07 Å². The molecular weight excluding hydrogens is 744 g/mol. The van der Waals surface area contributed by atoms with E-state index in [-0.39, 0.29) is 24.2 Å². The molecule has 0 radical (unpaired) electrons. The van der Waals surface area contributed by atoms with Gasteiger partial charge < -0.3 is 19.6 Å². The number of hydrogen-bond donors (Lipinski definition) is 1. The summed E-state index contributed by atoms with van der Waals surface area (Å²) < 4.78 is 0. The van der Waals surface area contributed by atoms with Crippen LogP contribution >= 0.6 is 11.6 Å². The van der Waals surface area contributed by atoms with Crippen LogP contribution in [0.3, 0.4) is 0 Å². The molecule has 5 amide bonds. The number of imide groups is 2. The first-order valence-corrected chi connectivity index (χ1v) is 20.4. The zero-order valence-corrected chi connectivity index (χ0v) is 32.5. The van der Waals surface area contributed by atoms with Crippen LogP contribution in [0.2, 0.25) is 5.02 Å².